The summed E-state index contributed by atoms with van der Waals surface area (Å²) in [5.74, 6) is 0.0979. The number of carbonyl (C=O) groups excluding carboxylic acids is 1. The zero-order chi connectivity index (χ0) is 17.6. The maximum atomic E-state index is 12.0. The van der Waals surface area contributed by atoms with Gasteiger partial charge in [-0.05, 0) is 36.6 Å². The summed E-state index contributed by atoms with van der Waals surface area (Å²) in [4.78, 5) is 19.6. The van der Waals surface area contributed by atoms with E-state index >= 15 is 0 Å². The Kier molecular flexibility index (Phi) is 5.50. The molecular formula is C19H20N4OS. The number of rotatable bonds is 6. The number of nitrogens with zero attached hydrogens (tertiary/aromatic N) is 2. The molecule has 6 heteroatoms. The minimum Gasteiger partial charge on any atom is -0.333 e. The monoisotopic (exact) mass is 352 g/mol. The fraction of sp³-hybridized carbons (Fsp3) is 0.211. The van der Waals surface area contributed by atoms with Gasteiger partial charge in [0.25, 0.3) is 5.91 Å². The molecule has 25 heavy (non-hydrogen) atoms. The van der Waals surface area contributed by atoms with E-state index in [4.69, 9.17) is 0 Å². The van der Waals surface area contributed by atoms with Gasteiger partial charge in [0.1, 0.15) is 0 Å². The normalized spacial score (nSPS) is 11.7. The zero-order valence-corrected chi connectivity index (χ0v) is 15.1. The van der Waals surface area contributed by atoms with Gasteiger partial charge < -0.3 is 4.98 Å². The van der Waals surface area contributed by atoms with Crippen molar-refractivity contribution in [3.63, 3.8) is 0 Å². The molecule has 0 radical (unpaired) electrons. The van der Waals surface area contributed by atoms with Gasteiger partial charge in [0.05, 0.1) is 22.5 Å². The predicted octanol–water partition coefficient (Wildman–Crippen LogP) is 3.76. The molecule has 1 aromatic heterocycles. The van der Waals surface area contributed by atoms with Crippen molar-refractivity contribution in [1.29, 1.82) is 0 Å². The average molecular weight is 352 g/mol. The highest BCUT2D eigenvalue weighted by atomic mass is 32.2. The van der Waals surface area contributed by atoms with Crippen molar-refractivity contribution < 1.29 is 4.79 Å². The Balaban J connectivity index is 1.54. The minimum absolute atomic E-state index is 0.157. The molecule has 0 saturated heterocycles. The van der Waals surface area contributed by atoms with Gasteiger partial charge in [0, 0.05) is 0 Å². The van der Waals surface area contributed by atoms with Crippen LogP contribution in [-0.4, -0.2) is 27.3 Å². The van der Waals surface area contributed by atoms with Gasteiger partial charge >= 0.3 is 0 Å². The number of aromatic amines is 1. The Morgan fingerprint density at radius 1 is 1.20 bits per heavy atom. The number of hydrazone groups is 1. The largest absolute Gasteiger partial charge is 0.333 e. The Bertz CT molecular complexity index is 866. The maximum absolute atomic E-state index is 12.0. The van der Waals surface area contributed by atoms with Crippen LogP contribution in [0.4, 0.5) is 0 Å². The highest BCUT2D eigenvalue weighted by molar-refractivity contribution is 7.99. The van der Waals surface area contributed by atoms with E-state index in [-0.39, 0.29) is 11.7 Å². The van der Waals surface area contributed by atoms with Crippen molar-refractivity contribution in [2.45, 2.75) is 25.4 Å². The quantitative estimate of drug-likeness (QED) is 0.403. The molecule has 0 unspecified atom stereocenters. The first-order valence-electron chi connectivity index (χ1n) is 8.15. The number of aromatic nitrogens is 2. The number of imidazole rings is 1. The number of amides is 1. The molecule has 1 heterocycles. The lowest BCUT2D eigenvalue weighted by Gasteiger charge is -2.03. The van der Waals surface area contributed by atoms with Gasteiger partial charge in [-0.2, -0.15) is 5.10 Å². The SMILES string of the molecule is CCc1ccc(/C(C)=N\NC(=O)CSc2nc3ccccc3[nH]2)cc1. The van der Waals surface area contributed by atoms with Gasteiger partial charge in [-0.1, -0.05) is 55.1 Å². The van der Waals surface area contributed by atoms with Crippen LogP contribution in [0.1, 0.15) is 25.0 Å². The van der Waals surface area contributed by atoms with E-state index in [9.17, 15) is 4.79 Å². The van der Waals surface area contributed by atoms with Crippen LogP contribution in [0, 0.1) is 0 Å². The fourth-order valence-electron chi connectivity index (χ4n) is 2.36. The van der Waals surface area contributed by atoms with Crippen molar-refractivity contribution in [3.05, 3.63) is 59.7 Å². The first-order valence-corrected chi connectivity index (χ1v) is 9.14. The van der Waals surface area contributed by atoms with Gasteiger partial charge in [0.2, 0.25) is 0 Å². The molecular weight excluding hydrogens is 332 g/mol. The molecule has 5 nitrogen and oxygen atoms in total. The summed E-state index contributed by atoms with van der Waals surface area (Å²) < 4.78 is 0. The number of aryl methyl sites for hydroxylation is 1. The number of benzene rings is 2. The fourth-order valence-corrected chi connectivity index (χ4v) is 3.03. The molecule has 2 N–H and O–H groups in total. The summed E-state index contributed by atoms with van der Waals surface area (Å²) in [6.07, 6.45) is 1.01. The molecule has 0 aliphatic rings. The summed E-state index contributed by atoms with van der Waals surface area (Å²) in [5, 5.41) is 4.91. The number of fused-ring (bicyclic) bond motifs is 1. The van der Waals surface area contributed by atoms with Gasteiger partial charge in [-0.15, -0.1) is 0 Å². The smallest absolute Gasteiger partial charge is 0.250 e. The van der Waals surface area contributed by atoms with Crippen molar-refractivity contribution in [2.75, 3.05) is 5.75 Å². The Labute approximate surface area is 150 Å². The molecule has 0 fully saturated rings. The minimum atomic E-state index is -0.157. The van der Waals surface area contributed by atoms with Crippen LogP contribution in [0.3, 0.4) is 0 Å². The van der Waals surface area contributed by atoms with Crippen LogP contribution in [0.25, 0.3) is 11.0 Å². The predicted molar refractivity (Wildman–Crippen MR) is 103 cm³/mol. The highest BCUT2D eigenvalue weighted by Crippen LogP contribution is 2.18. The number of thioether (sulfide) groups is 1. The van der Waals surface area contributed by atoms with E-state index in [2.05, 4.69) is 39.6 Å². The molecule has 128 valence electrons. The van der Waals surface area contributed by atoms with E-state index in [0.29, 0.717) is 0 Å². The van der Waals surface area contributed by atoms with Crippen molar-refractivity contribution in [3.8, 4) is 0 Å². The first kappa shape index (κ1) is 17.2. The molecule has 0 atom stereocenters. The topological polar surface area (TPSA) is 70.1 Å². The Hall–Kier alpha value is -2.60. The van der Waals surface area contributed by atoms with Crippen LogP contribution in [0.5, 0.6) is 0 Å². The number of carbonyl (C=O) groups is 1. The first-order chi connectivity index (χ1) is 12.2. The lowest BCUT2D eigenvalue weighted by molar-refractivity contribution is -0.118. The van der Waals surface area contributed by atoms with E-state index in [0.717, 1.165) is 33.9 Å². The third kappa shape index (κ3) is 4.48. The molecule has 0 bridgehead atoms. The number of hydrogen-bond donors (Lipinski definition) is 2. The van der Waals surface area contributed by atoms with Crippen molar-refractivity contribution in [1.82, 2.24) is 15.4 Å². The number of nitrogens with one attached hydrogen (secondary N) is 2. The van der Waals surface area contributed by atoms with E-state index in [1.807, 2.05) is 43.3 Å². The van der Waals surface area contributed by atoms with Gasteiger partial charge in [0.15, 0.2) is 5.16 Å². The van der Waals surface area contributed by atoms with Crippen LogP contribution >= 0.6 is 11.8 Å². The summed E-state index contributed by atoms with van der Waals surface area (Å²) in [6.45, 7) is 4.00. The summed E-state index contributed by atoms with van der Waals surface area (Å²) in [5.41, 5.74) is 7.53. The molecule has 2 aromatic carbocycles. The van der Waals surface area contributed by atoms with Gasteiger partial charge in [-0.3, -0.25) is 4.79 Å². The van der Waals surface area contributed by atoms with Crippen molar-refractivity contribution in [2.24, 2.45) is 5.10 Å². The summed E-state index contributed by atoms with van der Waals surface area (Å²) >= 11 is 1.36. The number of H-pyrrole nitrogens is 1. The molecule has 3 rings (SSSR count). The second-order valence-electron chi connectivity index (χ2n) is 5.63. The van der Waals surface area contributed by atoms with Crippen LogP contribution < -0.4 is 5.43 Å². The van der Waals surface area contributed by atoms with Crippen LogP contribution in [-0.2, 0) is 11.2 Å². The Morgan fingerprint density at radius 3 is 2.68 bits per heavy atom. The van der Waals surface area contributed by atoms with E-state index < -0.39 is 0 Å². The highest BCUT2D eigenvalue weighted by Gasteiger charge is 2.07. The number of para-hydroxylation sites is 2. The summed E-state index contributed by atoms with van der Waals surface area (Å²) in [6, 6.07) is 16.0. The molecule has 0 aliphatic carbocycles. The molecule has 3 aromatic rings. The van der Waals surface area contributed by atoms with E-state index in [1.165, 1.54) is 17.3 Å². The lowest BCUT2D eigenvalue weighted by Crippen LogP contribution is -2.21. The average Bonchev–Trinajstić information content (AvgIpc) is 3.07. The second-order valence-corrected chi connectivity index (χ2v) is 6.59. The third-order valence-corrected chi connectivity index (χ3v) is 4.71. The molecule has 0 aliphatic heterocycles. The maximum Gasteiger partial charge on any atom is 0.250 e. The van der Waals surface area contributed by atoms with Crippen LogP contribution in [0.15, 0.2) is 58.8 Å². The zero-order valence-electron chi connectivity index (χ0n) is 14.2. The molecule has 0 saturated carbocycles. The van der Waals surface area contributed by atoms with Crippen molar-refractivity contribution >= 4 is 34.4 Å². The molecule has 1 amide bonds. The summed E-state index contributed by atoms with van der Waals surface area (Å²) in [7, 11) is 0. The van der Waals surface area contributed by atoms with Crippen LogP contribution in [0.2, 0.25) is 0 Å². The second kappa shape index (κ2) is 7.98. The molecule has 0 spiro atoms. The standard InChI is InChI=1S/C19H20N4OS/c1-3-14-8-10-15(11-9-14)13(2)22-23-18(24)12-25-19-20-16-6-4-5-7-17(16)21-19/h4-11H,3,12H2,1-2H3,(H,20,21)(H,23,24)/b22-13-. The third-order valence-electron chi connectivity index (χ3n) is 3.84. The lowest BCUT2D eigenvalue weighted by atomic mass is 10.1. The number of hydrogen-bond acceptors (Lipinski definition) is 4. The van der Waals surface area contributed by atoms with E-state index in [1.54, 1.807) is 0 Å². The van der Waals surface area contributed by atoms with Gasteiger partial charge in [-0.25, -0.2) is 10.4 Å². The Morgan fingerprint density at radius 2 is 1.96 bits per heavy atom.